The summed E-state index contributed by atoms with van der Waals surface area (Å²) < 4.78 is 5.32. The molecule has 0 aromatic heterocycles. The van der Waals surface area contributed by atoms with E-state index in [0.717, 1.165) is 11.8 Å². The second-order valence-corrected chi connectivity index (χ2v) is 4.75. The van der Waals surface area contributed by atoms with Crippen molar-refractivity contribution in [3.63, 3.8) is 0 Å². The lowest BCUT2D eigenvalue weighted by atomic mass is 10.2. The fourth-order valence-corrected chi connectivity index (χ4v) is 1.88. The van der Waals surface area contributed by atoms with E-state index < -0.39 is 0 Å². The molecule has 0 aliphatic rings. The average Bonchev–Trinajstić information content (AvgIpc) is 2.52. The lowest BCUT2D eigenvalue weighted by molar-refractivity contribution is -0.123. The second kappa shape index (κ2) is 7.45. The van der Waals surface area contributed by atoms with Gasteiger partial charge in [0.2, 0.25) is 0 Å². The maximum absolute atomic E-state index is 11.7. The van der Waals surface area contributed by atoms with Crippen LogP contribution in [0.4, 0.5) is 0 Å². The molecule has 1 N–H and O–H groups in total. The first-order chi connectivity index (χ1) is 10.2. The lowest BCUT2D eigenvalue weighted by Crippen LogP contribution is -2.28. The van der Waals surface area contributed by atoms with E-state index in [-0.39, 0.29) is 12.5 Å². The van der Waals surface area contributed by atoms with Crippen LogP contribution in [0.1, 0.15) is 15.9 Å². The summed E-state index contributed by atoms with van der Waals surface area (Å²) in [5.41, 5.74) is 1.41. The van der Waals surface area contributed by atoms with Crippen LogP contribution in [0.5, 0.6) is 5.75 Å². The van der Waals surface area contributed by atoms with Gasteiger partial charge in [-0.1, -0.05) is 29.8 Å². The van der Waals surface area contributed by atoms with Gasteiger partial charge in [-0.3, -0.25) is 9.59 Å². The normalized spacial score (nSPS) is 9.95. The van der Waals surface area contributed by atoms with Gasteiger partial charge >= 0.3 is 0 Å². The third-order valence-electron chi connectivity index (χ3n) is 2.82. The highest BCUT2D eigenvalue weighted by molar-refractivity contribution is 6.31. The van der Waals surface area contributed by atoms with Crippen molar-refractivity contribution in [1.82, 2.24) is 5.32 Å². The molecular formula is C16H14ClNO3. The zero-order chi connectivity index (χ0) is 15.1. The minimum atomic E-state index is -0.241. The molecule has 0 saturated carbocycles. The molecule has 2 rings (SSSR count). The van der Waals surface area contributed by atoms with Crippen LogP contribution in [0, 0.1) is 0 Å². The summed E-state index contributed by atoms with van der Waals surface area (Å²) in [6, 6.07) is 13.9. The number of halogens is 1. The van der Waals surface area contributed by atoms with Crippen molar-refractivity contribution in [3.05, 3.63) is 64.7 Å². The van der Waals surface area contributed by atoms with Gasteiger partial charge < -0.3 is 10.1 Å². The SMILES string of the molecule is O=Cc1ccc(OCC(=O)NCc2ccccc2Cl)cc1. The van der Waals surface area contributed by atoms with Gasteiger partial charge in [0.25, 0.3) is 5.91 Å². The molecule has 0 aliphatic carbocycles. The number of amides is 1. The Bertz CT molecular complexity index is 626. The molecule has 0 atom stereocenters. The molecule has 0 radical (unpaired) electrons. The molecule has 0 aliphatic heterocycles. The molecule has 0 bridgehead atoms. The maximum Gasteiger partial charge on any atom is 0.258 e. The predicted molar refractivity (Wildman–Crippen MR) is 80.6 cm³/mol. The topological polar surface area (TPSA) is 55.4 Å². The number of rotatable bonds is 6. The fourth-order valence-electron chi connectivity index (χ4n) is 1.68. The summed E-state index contributed by atoms with van der Waals surface area (Å²) in [4.78, 5) is 22.2. The maximum atomic E-state index is 11.7. The number of nitrogens with one attached hydrogen (secondary N) is 1. The molecule has 5 heteroatoms. The Kier molecular flexibility index (Phi) is 5.35. The number of hydrogen-bond donors (Lipinski definition) is 1. The van der Waals surface area contributed by atoms with Crippen molar-refractivity contribution in [2.75, 3.05) is 6.61 Å². The molecule has 2 aromatic rings. The van der Waals surface area contributed by atoms with Gasteiger partial charge in [0, 0.05) is 17.1 Å². The quantitative estimate of drug-likeness (QED) is 0.835. The van der Waals surface area contributed by atoms with Crippen molar-refractivity contribution in [2.24, 2.45) is 0 Å². The summed E-state index contributed by atoms with van der Waals surface area (Å²) in [6.45, 7) is 0.261. The van der Waals surface area contributed by atoms with Crippen molar-refractivity contribution in [2.45, 2.75) is 6.54 Å². The number of carbonyl (C=O) groups excluding carboxylic acids is 2. The average molecular weight is 304 g/mol. The number of carbonyl (C=O) groups is 2. The molecule has 0 unspecified atom stereocenters. The molecule has 1 amide bonds. The Labute approximate surface area is 127 Å². The lowest BCUT2D eigenvalue weighted by Gasteiger charge is -2.08. The van der Waals surface area contributed by atoms with E-state index in [1.807, 2.05) is 18.2 Å². The van der Waals surface area contributed by atoms with E-state index in [4.69, 9.17) is 16.3 Å². The molecule has 108 valence electrons. The highest BCUT2D eigenvalue weighted by atomic mass is 35.5. The highest BCUT2D eigenvalue weighted by Gasteiger charge is 2.04. The zero-order valence-corrected chi connectivity index (χ0v) is 12.0. The molecule has 0 fully saturated rings. The van der Waals surface area contributed by atoms with E-state index in [1.54, 1.807) is 30.3 Å². The Morgan fingerprint density at radius 3 is 2.52 bits per heavy atom. The van der Waals surface area contributed by atoms with E-state index in [1.165, 1.54) is 0 Å². The van der Waals surface area contributed by atoms with Gasteiger partial charge in [0.05, 0.1) is 0 Å². The zero-order valence-electron chi connectivity index (χ0n) is 11.2. The molecule has 4 nitrogen and oxygen atoms in total. The van der Waals surface area contributed by atoms with E-state index in [9.17, 15) is 9.59 Å². The van der Waals surface area contributed by atoms with E-state index in [0.29, 0.717) is 22.9 Å². The Morgan fingerprint density at radius 2 is 1.86 bits per heavy atom. The summed E-state index contributed by atoms with van der Waals surface area (Å²) in [6.07, 6.45) is 0.750. The van der Waals surface area contributed by atoms with Crippen LogP contribution >= 0.6 is 11.6 Å². The predicted octanol–water partition coefficient (Wildman–Crippen LogP) is 2.85. The van der Waals surface area contributed by atoms with Gasteiger partial charge in [0.1, 0.15) is 12.0 Å². The fraction of sp³-hybridized carbons (Fsp3) is 0.125. The number of benzene rings is 2. The van der Waals surface area contributed by atoms with Crippen molar-refractivity contribution >= 4 is 23.8 Å². The van der Waals surface area contributed by atoms with Crippen molar-refractivity contribution in [1.29, 1.82) is 0 Å². The summed E-state index contributed by atoms with van der Waals surface area (Å²) in [5, 5.41) is 3.34. The number of hydrogen-bond acceptors (Lipinski definition) is 3. The third kappa shape index (κ3) is 4.61. The van der Waals surface area contributed by atoms with Gasteiger partial charge in [-0.15, -0.1) is 0 Å². The van der Waals surface area contributed by atoms with Crippen LogP contribution in [-0.4, -0.2) is 18.8 Å². The second-order valence-electron chi connectivity index (χ2n) is 4.34. The minimum absolute atomic E-state index is 0.0924. The molecule has 0 saturated heterocycles. The van der Waals surface area contributed by atoms with Crippen LogP contribution in [0.25, 0.3) is 0 Å². The molecule has 0 spiro atoms. The van der Waals surface area contributed by atoms with Crippen molar-refractivity contribution < 1.29 is 14.3 Å². The summed E-state index contributed by atoms with van der Waals surface area (Å²) >= 11 is 6.00. The smallest absolute Gasteiger partial charge is 0.258 e. The highest BCUT2D eigenvalue weighted by Crippen LogP contribution is 2.14. The Balaban J connectivity index is 1.79. The van der Waals surface area contributed by atoms with Gasteiger partial charge in [-0.25, -0.2) is 0 Å². The molecular weight excluding hydrogens is 290 g/mol. The minimum Gasteiger partial charge on any atom is -0.484 e. The first-order valence-electron chi connectivity index (χ1n) is 6.37. The monoisotopic (exact) mass is 303 g/mol. The largest absolute Gasteiger partial charge is 0.484 e. The van der Waals surface area contributed by atoms with Gasteiger partial charge in [-0.05, 0) is 35.9 Å². The summed E-state index contributed by atoms with van der Waals surface area (Å²) in [5.74, 6) is 0.294. The molecule has 2 aromatic carbocycles. The molecule has 21 heavy (non-hydrogen) atoms. The van der Waals surface area contributed by atoms with Crippen LogP contribution in [0.2, 0.25) is 5.02 Å². The molecule has 0 heterocycles. The first kappa shape index (κ1) is 15.1. The Morgan fingerprint density at radius 1 is 1.14 bits per heavy atom. The van der Waals surface area contributed by atoms with Crippen LogP contribution in [0.3, 0.4) is 0 Å². The van der Waals surface area contributed by atoms with E-state index >= 15 is 0 Å². The van der Waals surface area contributed by atoms with Crippen LogP contribution in [0.15, 0.2) is 48.5 Å². The van der Waals surface area contributed by atoms with Gasteiger partial charge in [0.15, 0.2) is 6.61 Å². The third-order valence-corrected chi connectivity index (χ3v) is 3.19. The van der Waals surface area contributed by atoms with Crippen LogP contribution < -0.4 is 10.1 Å². The van der Waals surface area contributed by atoms with Crippen LogP contribution in [-0.2, 0) is 11.3 Å². The number of aldehydes is 1. The van der Waals surface area contributed by atoms with E-state index in [2.05, 4.69) is 5.32 Å². The van der Waals surface area contributed by atoms with Crippen molar-refractivity contribution in [3.8, 4) is 5.75 Å². The first-order valence-corrected chi connectivity index (χ1v) is 6.75. The van der Waals surface area contributed by atoms with Gasteiger partial charge in [-0.2, -0.15) is 0 Å². The summed E-state index contributed by atoms with van der Waals surface area (Å²) in [7, 11) is 0. The number of ether oxygens (including phenoxy) is 1. The Hall–Kier alpha value is -2.33. The standard InChI is InChI=1S/C16H14ClNO3/c17-15-4-2-1-3-13(15)9-18-16(20)11-21-14-7-5-12(10-19)6-8-14/h1-8,10H,9,11H2,(H,18,20).